The van der Waals surface area contributed by atoms with Crippen LogP contribution in [0.5, 0.6) is 0 Å². The van der Waals surface area contributed by atoms with Crippen LogP contribution in [-0.2, 0) is 31.4 Å². The first-order valence-electron chi connectivity index (χ1n) is 11.0. The van der Waals surface area contributed by atoms with E-state index < -0.39 is 33.4 Å². The lowest BCUT2D eigenvalue weighted by molar-refractivity contribution is -0.140. The molecule has 0 radical (unpaired) electrons. The van der Waals surface area contributed by atoms with Gasteiger partial charge in [0.2, 0.25) is 5.91 Å². The van der Waals surface area contributed by atoms with E-state index in [1.807, 2.05) is 31.2 Å². The molecule has 0 bridgehead atoms. The van der Waals surface area contributed by atoms with Crippen LogP contribution in [0.4, 0.5) is 4.79 Å². The Morgan fingerprint density at radius 3 is 2.77 bits per heavy atom. The quantitative estimate of drug-likeness (QED) is 0.667. The number of imide groups is 1. The van der Waals surface area contributed by atoms with Crippen molar-refractivity contribution in [2.45, 2.75) is 57.0 Å². The van der Waals surface area contributed by atoms with E-state index in [4.69, 9.17) is 0 Å². The number of urea groups is 1. The van der Waals surface area contributed by atoms with Crippen molar-refractivity contribution in [1.82, 2.24) is 15.1 Å². The molecule has 2 fully saturated rings. The van der Waals surface area contributed by atoms with E-state index in [1.165, 1.54) is 0 Å². The van der Waals surface area contributed by atoms with Crippen molar-refractivity contribution in [2.24, 2.45) is 0 Å². The van der Waals surface area contributed by atoms with Crippen LogP contribution in [-0.4, -0.2) is 66.7 Å². The van der Waals surface area contributed by atoms with Gasteiger partial charge in [-0.3, -0.25) is 14.5 Å². The Kier molecular flexibility index (Phi) is 5.81. The number of nitrogens with one attached hydrogen (secondary N) is 1. The van der Waals surface area contributed by atoms with Gasteiger partial charge < -0.3 is 10.2 Å². The minimum Gasteiger partial charge on any atom is -0.337 e. The molecule has 2 saturated heterocycles. The van der Waals surface area contributed by atoms with Crippen LogP contribution in [0.1, 0.15) is 50.2 Å². The summed E-state index contributed by atoms with van der Waals surface area (Å²) in [5.41, 5.74) is 0.729. The summed E-state index contributed by atoms with van der Waals surface area (Å²) in [6.45, 7) is 2.05. The van der Waals surface area contributed by atoms with Crippen molar-refractivity contribution < 1.29 is 22.8 Å². The van der Waals surface area contributed by atoms with Crippen molar-refractivity contribution in [1.29, 1.82) is 0 Å². The first-order chi connectivity index (χ1) is 14.8. The molecule has 2 unspecified atom stereocenters. The van der Waals surface area contributed by atoms with Gasteiger partial charge >= 0.3 is 6.03 Å². The number of hydrogen-bond acceptors (Lipinski definition) is 5. The lowest BCUT2D eigenvalue weighted by atomic mass is 9.76. The van der Waals surface area contributed by atoms with Crippen molar-refractivity contribution in [3.63, 3.8) is 0 Å². The molecular formula is C22H29N3O5S. The molecule has 31 heavy (non-hydrogen) atoms. The maximum atomic E-state index is 13.4. The number of rotatable bonds is 6. The Morgan fingerprint density at radius 1 is 1.29 bits per heavy atom. The number of unbranched alkanes of at least 4 members (excludes halogenated alkanes) is 1. The van der Waals surface area contributed by atoms with Crippen molar-refractivity contribution in [2.75, 3.05) is 24.6 Å². The highest BCUT2D eigenvalue weighted by atomic mass is 32.2. The Morgan fingerprint density at radius 2 is 2.06 bits per heavy atom. The molecule has 2 aliphatic heterocycles. The number of carbonyl (C=O) groups is 3. The highest BCUT2D eigenvalue weighted by Crippen LogP contribution is 2.39. The van der Waals surface area contributed by atoms with Crippen molar-refractivity contribution >= 4 is 27.7 Å². The largest absolute Gasteiger partial charge is 0.337 e. The molecule has 1 aliphatic carbocycles. The SMILES string of the molecule is CCCCN(C(=O)CN1C(=O)NC2(CCCc3ccccc32)C1=O)C1CCS(=O)(=O)C1. The molecule has 0 aromatic heterocycles. The molecule has 2 atom stereocenters. The lowest BCUT2D eigenvalue weighted by Gasteiger charge is -2.33. The molecule has 3 aliphatic rings. The highest BCUT2D eigenvalue weighted by Gasteiger charge is 2.54. The van der Waals surface area contributed by atoms with E-state index in [0.717, 1.165) is 41.7 Å². The van der Waals surface area contributed by atoms with Gasteiger partial charge in [0.15, 0.2) is 9.84 Å². The smallest absolute Gasteiger partial charge is 0.325 e. The Labute approximate surface area is 182 Å². The van der Waals surface area contributed by atoms with Crippen molar-refractivity contribution in [3.8, 4) is 0 Å². The van der Waals surface area contributed by atoms with Gasteiger partial charge in [-0.25, -0.2) is 13.2 Å². The predicted molar refractivity (Wildman–Crippen MR) is 115 cm³/mol. The summed E-state index contributed by atoms with van der Waals surface area (Å²) in [4.78, 5) is 42.0. The van der Waals surface area contributed by atoms with Crippen LogP contribution < -0.4 is 5.32 Å². The van der Waals surface area contributed by atoms with Crippen LogP contribution in [0.3, 0.4) is 0 Å². The minimum atomic E-state index is -3.16. The van der Waals surface area contributed by atoms with Gasteiger partial charge in [-0.1, -0.05) is 37.6 Å². The summed E-state index contributed by atoms with van der Waals surface area (Å²) in [6.07, 6.45) is 4.11. The fourth-order valence-electron chi connectivity index (χ4n) is 5.04. The highest BCUT2D eigenvalue weighted by molar-refractivity contribution is 7.91. The number of fused-ring (bicyclic) bond motifs is 2. The second kappa shape index (κ2) is 8.26. The summed E-state index contributed by atoms with van der Waals surface area (Å²) in [6, 6.07) is 6.65. The maximum absolute atomic E-state index is 13.4. The molecule has 1 aromatic rings. The Balaban J connectivity index is 1.55. The Hall–Kier alpha value is -2.42. The van der Waals surface area contributed by atoms with Gasteiger partial charge in [-0.05, 0) is 43.2 Å². The van der Waals surface area contributed by atoms with E-state index in [1.54, 1.807) is 4.90 Å². The second-order valence-electron chi connectivity index (χ2n) is 8.74. The van der Waals surface area contributed by atoms with E-state index in [9.17, 15) is 22.8 Å². The third-order valence-electron chi connectivity index (χ3n) is 6.67. The summed E-state index contributed by atoms with van der Waals surface area (Å²) >= 11 is 0. The Bertz CT molecular complexity index is 1010. The van der Waals surface area contributed by atoms with E-state index in [0.29, 0.717) is 19.4 Å². The molecule has 8 nitrogen and oxygen atoms in total. The van der Waals surface area contributed by atoms with Crippen molar-refractivity contribution in [3.05, 3.63) is 35.4 Å². The zero-order valence-electron chi connectivity index (χ0n) is 17.8. The summed E-state index contributed by atoms with van der Waals surface area (Å²) in [7, 11) is -3.16. The number of benzene rings is 1. The van der Waals surface area contributed by atoms with E-state index in [-0.39, 0.29) is 24.0 Å². The van der Waals surface area contributed by atoms with Gasteiger partial charge in [-0.2, -0.15) is 0 Å². The van der Waals surface area contributed by atoms with Crippen LogP contribution in [0.2, 0.25) is 0 Å². The summed E-state index contributed by atoms with van der Waals surface area (Å²) < 4.78 is 23.9. The fourth-order valence-corrected chi connectivity index (χ4v) is 6.77. The molecule has 1 aromatic carbocycles. The first kappa shape index (κ1) is 21.8. The number of carbonyl (C=O) groups excluding carboxylic acids is 3. The van der Waals surface area contributed by atoms with Gasteiger partial charge in [0.1, 0.15) is 12.1 Å². The third kappa shape index (κ3) is 3.95. The van der Waals surface area contributed by atoms with E-state index in [2.05, 4.69) is 5.32 Å². The number of hydrogen-bond donors (Lipinski definition) is 1. The molecule has 4 amide bonds. The summed E-state index contributed by atoms with van der Waals surface area (Å²) in [5, 5.41) is 2.87. The molecule has 168 valence electrons. The zero-order chi connectivity index (χ0) is 22.2. The molecule has 1 N–H and O–H groups in total. The molecule has 1 spiro atoms. The molecule has 0 saturated carbocycles. The normalized spacial score (nSPS) is 26.7. The van der Waals surface area contributed by atoms with Gasteiger partial charge in [-0.15, -0.1) is 0 Å². The number of aryl methyl sites for hydroxylation is 1. The third-order valence-corrected chi connectivity index (χ3v) is 8.42. The predicted octanol–water partition coefficient (Wildman–Crippen LogP) is 1.59. The summed E-state index contributed by atoms with van der Waals surface area (Å²) in [5.74, 6) is -0.760. The standard InChI is InChI=1S/C22H29N3O5S/c1-2-3-12-24(17-10-13-31(29,30)15-17)19(26)14-25-20(27)22(23-21(25)28)11-6-8-16-7-4-5-9-18(16)22/h4-5,7,9,17H,2-3,6,8,10-15H2,1H3,(H,23,28). The monoisotopic (exact) mass is 447 g/mol. The van der Waals surface area contributed by atoms with Crippen LogP contribution in [0, 0.1) is 0 Å². The van der Waals surface area contributed by atoms with E-state index >= 15 is 0 Å². The first-order valence-corrected chi connectivity index (χ1v) is 12.8. The van der Waals surface area contributed by atoms with Crippen LogP contribution in [0.15, 0.2) is 24.3 Å². The number of amides is 4. The average Bonchev–Trinajstić information content (AvgIpc) is 3.21. The number of nitrogens with zero attached hydrogens (tertiary/aromatic N) is 2. The molecule has 9 heteroatoms. The average molecular weight is 448 g/mol. The second-order valence-corrected chi connectivity index (χ2v) is 11.0. The van der Waals surface area contributed by atoms with Gasteiger partial charge in [0.25, 0.3) is 5.91 Å². The van der Waals surface area contributed by atoms with Gasteiger partial charge in [0, 0.05) is 12.6 Å². The molecule has 4 rings (SSSR count). The molecule has 2 heterocycles. The van der Waals surface area contributed by atoms with Crippen LogP contribution >= 0.6 is 0 Å². The lowest BCUT2D eigenvalue weighted by Crippen LogP contribution is -2.49. The zero-order valence-corrected chi connectivity index (χ0v) is 18.6. The minimum absolute atomic E-state index is 0.0556. The van der Waals surface area contributed by atoms with Gasteiger partial charge in [0.05, 0.1) is 11.5 Å². The molecular weight excluding hydrogens is 418 g/mol. The maximum Gasteiger partial charge on any atom is 0.325 e. The number of sulfone groups is 1. The fraction of sp³-hybridized carbons (Fsp3) is 0.591. The topological polar surface area (TPSA) is 104 Å². The van der Waals surface area contributed by atoms with Crippen LogP contribution in [0.25, 0.3) is 0 Å².